The lowest BCUT2D eigenvalue weighted by molar-refractivity contribution is 0.466. The molecule has 1 heterocycles. The number of thiophene rings is 1. The maximum absolute atomic E-state index is 12.5. The topological polar surface area (TPSA) is 37.4 Å². The Balaban J connectivity index is 2.26. The molecule has 0 unspecified atom stereocenters. The molecule has 0 saturated heterocycles. The van der Waals surface area contributed by atoms with Gasteiger partial charge in [-0.25, -0.2) is 8.42 Å². The Hall–Kier alpha value is -0.400. The van der Waals surface area contributed by atoms with Crippen LogP contribution in [0.25, 0.3) is 0 Å². The van der Waals surface area contributed by atoms with Crippen LogP contribution in [-0.4, -0.2) is 19.8 Å². The first-order valence-electron chi connectivity index (χ1n) is 5.78. The van der Waals surface area contributed by atoms with Crippen molar-refractivity contribution in [2.24, 2.45) is 0 Å². The highest BCUT2D eigenvalue weighted by molar-refractivity contribution is 9.10. The Morgan fingerprint density at radius 2 is 2.10 bits per heavy atom. The molecule has 0 aliphatic rings. The van der Waals surface area contributed by atoms with Crippen molar-refractivity contribution in [1.82, 2.24) is 4.31 Å². The summed E-state index contributed by atoms with van der Waals surface area (Å²) in [6, 6.07) is 9.20. The van der Waals surface area contributed by atoms with E-state index < -0.39 is 10.0 Å². The van der Waals surface area contributed by atoms with Gasteiger partial charge in [0.1, 0.15) is 0 Å². The van der Waals surface area contributed by atoms with Crippen LogP contribution in [0.1, 0.15) is 10.4 Å². The Bertz CT molecular complexity index is 700. The van der Waals surface area contributed by atoms with Gasteiger partial charge in [0.2, 0.25) is 10.0 Å². The average Bonchev–Trinajstić information content (AvgIpc) is 2.87. The third kappa shape index (κ3) is 3.43. The van der Waals surface area contributed by atoms with Crippen LogP contribution < -0.4 is 0 Å². The van der Waals surface area contributed by atoms with Gasteiger partial charge in [-0.2, -0.15) is 4.31 Å². The minimum Gasteiger partial charge on any atom is -0.207 e. The van der Waals surface area contributed by atoms with Crippen molar-refractivity contribution in [1.29, 1.82) is 0 Å². The number of benzene rings is 1. The number of sulfonamides is 1. The molecule has 3 nitrogen and oxygen atoms in total. The second kappa shape index (κ2) is 6.58. The van der Waals surface area contributed by atoms with Crippen molar-refractivity contribution in [2.45, 2.75) is 17.3 Å². The molecule has 0 radical (unpaired) electrons. The third-order valence-corrected chi connectivity index (χ3v) is 6.67. The molecule has 0 spiro atoms. The van der Waals surface area contributed by atoms with E-state index >= 15 is 0 Å². The van der Waals surface area contributed by atoms with Crippen LogP contribution in [0.15, 0.2) is 45.1 Å². The van der Waals surface area contributed by atoms with Crippen LogP contribution in [0.2, 0.25) is 0 Å². The summed E-state index contributed by atoms with van der Waals surface area (Å²) in [7, 11) is -1.93. The molecule has 0 saturated carbocycles. The van der Waals surface area contributed by atoms with E-state index in [4.69, 9.17) is 11.6 Å². The van der Waals surface area contributed by atoms with E-state index in [1.165, 1.54) is 15.6 Å². The second-order valence-corrected chi connectivity index (χ2v) is 8.43. The molecule has 20 heavy (non-hydrogen) atoms. The fraction of sp³-hybridized carbons (Fsp3) is 0.231. The molecule has 2 aromatic rings. The van der Waals surface area contributed by atoms with Gasteiger partial charge in [-0.1, -0.05) is 28.1 Å². The molecule has 7 heteroatoms. The van der Waals surface area contributed by atoms with E-state index in [1.54, 1.807) is 18.5 Å². The Morgan fingerprint density at radius 3 is 2.75 bits per heavy atom. The van der Waals surface area contributed by atoms with Gasteiger partial charge in [-0.15, -0.1) is 22.9 Å². The summed E-state index contributed by atoms with van der Waals surface area (Å²) in [5, 5.41) is 1.75. The zero-order valence-electron chi connectivity index (χ0n) is 10.7. The molecule has 0 atom stereocenters. The van der Waals surface area contributed by atoms with Crippen molar-refractivity contribution in [3.05, 3.63) is 50.6 Å². The molecule has 1 aromatic carbocycles. The SMILES string of the molecule is CN(Cc1cccc(Br)c1)S(=O)(=O)c1ccsc1CCl. The maximum Gasteiger partial charge on any atom is 0.244 e. The highest BCUT2D eigenvalue weighted by Gasteiger charge is 2.24. The van der Waals surface area contributed by atoms with Gasteiger partial charge < -0.3 is 0 Å². The lowest BCUT2D eigenvalue weighted by Crippen LogP contribution is -2.26. The van der Waals surface area contributed by atoms with Crippen LogP contribution in [-0.2, 0) is 22.4 Å². The van der Waals surface area contributed by atoms with Crippen molar-refractivity contribution in [3.8, 4) is 0 Å². The number of alkyl halides is 1. The molecular formula is C13H13BrClNO2S2. The van der Waals surface area contributed by atoms with Gasteiger partial charge in [-0.3, -0.25) is 0 Å². The highest BCUT2D eigenvalue weighted by atomic mass is 79.9. The summed E-state index contributed by atoms with van der Waals surface area (Å²) in [5.41, 5.74) is 0.924. The average molecular weight is 395 g/mol. The Labute approximate surface area is 136 Å². The zero-order valence-corrected chi connectivity index (χ0v) is 14.7. The van der Waals surface area contributed by atoms with Crippen LogP contribution >= 0.6 is 38.9 Å². The van der Waals surface area contributed by atoms with Gasteiger partial charge >= 0.3 is 0 Å². The van der Waals surface area contributed by atoms with Crippen LogP contribution in [0.3, 0.4) is 0 Å². The Kier molecular flexibility index (Phi) is 5.25. The molecule has 0 fully saturated rings. The predicted octanol–water partition coefficient (Wildman–Crippen LogP) is 4.07. The lowest BCUT2D eigenvalue weighted by atomic mass is 10.2. The standard InChI is InChI=1S/C13H13BrClNO2S2/c1-16(9-10-3-2-4-11(14)7-10)20(17,18)13-5-6-19-12(13)8-15/h2-7H,8-9H2,1H3. The smallest absolute Gasteiger partial charge is 0.207 e. The summed E-state index contributed by atoms with van der Waals surface area (Å²) in [4.78, 5) is 0.975. The van der Waals surface area contributed by atoms with E-state index in [-0.39, 0.29) is 5.88 Å². The van der Waals surface area contributed by atoms with Crippen molar-refractivity contribution >= 4 is 48.9 Å². The predicted molar refractivity (Wildman–Crippen MR) is 86.7 cm³/mol. The minimum absolute atomic E-state index is 0.205. The summed E-state index contributed by atoms with van der Waals surface area (Å²) < 4.78 is 27.3. The summed E-state index contributed by atoms with van der Waals surface area (Å²) in [5.74, 6) is 0.205. The first-order valence-corrected chi connectivity index (χ1v) is 9.43. The highest BCUT2D eigenvalue weighted by Crippen LogP contribution is 2.27. The van der Waals surface area contributed by atoms with E-state index in [2.05, 4.69) is 15.9 Å². The summed E-state index contributed by atoms with van der Waals surface area (Å²) in [6.07, 6.45) is 0. The number of rotatable bonds is 5. The molecule has 108 valence electrons. The number of nitrogens with zero attached hydrogens (tertiary/aromatic N) is 1. The van der Waals surface area contributed by atoms with E-state index in [9.17, 15) is 8.42 Å². The van der Waals surface area contributed by atoms with Crippen LogP contribution in [0.5, 0.6) is 0 Å². The molecule has 0 aliphatic carbocycles. The number of halogens is 2. The van der Waals surface area contributed by atoms with Crippen LogP contribution in [0.4, 0.5) is 0 Å². The molecule has 1 aromatic heterocycles. The zero-order chi connectivity index (χ0) is 14.8. The molecule has 0 aliphatic heterocycles. The van der Waals surface area contributed by atoms with Gasteiger partial charge in [-0.05, 0) is 29.1 Å². The third-order valence-electron chi connectivity index (χ3n) is 2.81. The first kappa shape index (κ1) is 16.0. The van der Waals surface area contributed by atoms with Crippen LogP contribution in [0, 0.1) is 0 Å². The van der Waals surface area contributed by atoms with Gasteiger partial charge in [0, 0.05) is 22.9 Å². The van der Waals surface area contributed by atoms with Crippen molar-refractivity contribution < 1.29 is 8.42 Å². The van der Waals surface area contributed by atoms with Crippen molar-refractivity contribution in [3.63, 3.8) is 0 Å². The number of hydrogen-bond acceptors (Lipinski definition) is 3. The van der Waals surface area contributed by atoms with E-state index in [0.29, 0.717) is 16.3 Å². The fourth-order valence-electron chi connectivity index (χ4n) is 1.80. The molecule has 2 rings (SSSR count). The molecule has 0 bridgehead atoms. The number of hydrogen-bond donors (Lipinski definition) is 0. The molecule has 0 N–H and O–H groups in total. The fourth-order valence-corrected chi connectivity index (χ4v) is 5.08. The summed E-state index contributed by atoms with van der Waals surface area (Å²) in [6.45, 7) is 0.319. The van der Waals surface area contributed by atoms with E-state index in [0.717, 1.165) is 10.0 Å². The quantitative estimate of drug-likeness (QED) is 0.717. The van der Waals surface area contributed by atoms with Gasteiger partial charge in [0.25, 0.3) is 0 Å². The normalized spacial score (nSPS) is 12.0. The molecule has 0 amide bonds. The van der Waals surface area contributed by atoms with Gasteiger partial charge in [0.05, 0.1) is 10.8 Å². The molecular weight excluding hydrogens is 382 g/mol. The first-order chi connectivity index (χ1) is 9.45. The Morgan fingerprint density at radius 1 is 1.35 bits per heavy atom. The van der Waals surface area contributed by atoms with Gasteiger partial charge in [0.15, 0.2) is 0 Å². The second-order valence-electron chi connectivity index (χ2n) is 4.23. The van der Waals surface area contributed by atoms with Crippen molar-refractivity contribution in [2.75, 3.05) is 7.05 Å². The summed E-state index contributed by atoms with van der Waals surface area (Å²) >= 11 is 10.5. The lowest BCUT2D eigenvalue weighted by Gasteiger charge is -2.17. The largest absolute Gasteiger partial charge is 0.244 e. The maximum atomic E-state index is 12.5. The minimum atomic E-state index is -3.51. The van der Waals surface area contributed by atoms with E-state index in [1.807, 2.05) is 24.3 Å². The monoisotopic (exact) mass is 393 g/mol.